The number of aliphatic carboxylic acids is 3. The first-order chi connectivity index (χ1) is 30.3. The molecule has 31 heteroatoms. The molecule has 7 unspecified atom stereocenters. The summed E-state index contributed by atoms with van der Waals surface area (Å²) in [6, 6.07) is -3.44. The number of hydrogen-bond acceptors (Lipinski definition) is 17. The highest BCUT2D eigenvalue weighted by Gasteiger charge is 2.43. The van der Waals surface area contributed by atoms with E-state index in [9.17, 15) is 57.4 Å². The Kier molecular flexibility index (Phi) is 25.1. The molecule has 1 heterocycles. The second kappa shape index (κ2) is 28.2. The van der Waals surface area contributed by atoms with Crippen LogP contribution >= 0.6 is 57.5 Å². The summed E-state index contributed by atoms with van der Waals surface area (Å²) in [5.41, 5.74) is 1.86. The fourth-order valence-corrected chi connectivity index (χ4v) is 10.7. The Labute approximate surface area is 386 Å². The number of aliphatic hydroxyl groups is 1. The molecule has 0 radical (unpaired) electrons. The van der Waals surface area contributed by atoms with E-state index in [0.29, 0.717) is 41.8 Å². The maximum atomic E-state index is 12.4. The Morgan fingerprint density at radius 3 is 2.18 bits per heavy atom. The van der Waals surface area contributed by atoms with E-state index in [2.05, 4.69) is 48.1 Å². The van der Waals surface area contributed by atoms with Crippen molar-refractivity contribution in [3.63, 3.8) is 0 Å². The van der Waals surface area contributed by atoms with Gasteiger partial charge in [0.1, 0.15) is 18.2 Å². The lowest BCUT2D eigenvalue weighted by Crippen LogP contribution is -2.52. The van der Waals surface area contributed by atoms with Crippen LogP contribution < -0.4 is 16.0 Å². The van der Waals surface area contributed by atoms with E-state index >= 15 is 0 Å². The van der Waals surface area contributed by atoms with Crippen molar-refractivity contribution in [2.45, 2.75) is 88.6 Å². The standard InChI is InChI=1S/C34H49BN3O21P3S3/c1-2-35(63)23-11-9-21(8-10-22(16-23)27-19-26(39)28(57-27)20-56-61(52,53)59-62(54,55)58-60(49,50)51)6-5-13-36-29(40)12-15-65-64-14-4-3-7-30(41)37-24(17-31(42)43)33(46)38-25(34(47)48)18-32(44)45/h8-11,16,24-28,39,63H,2-4,7,12-15,17-20H2,1H3,(H,36,40)(H,37,41)(H,38,46)(H,42,43)(H,44,45)(H,47,48)(H,52,53)(H,54,55)(H2,49,50,51)/b10-8-,11-9?,21-8?,21-9-,22-10?,22-16?,23-11?,23-16?. The summed E-state index contributed by atoms with van der Waals surface area (Å²) >= 11 is 4.64. The van der Waals surface area contributed by atoms with E-state index in [-0.39, 0.29) is 37.7 Å². The van der Waals surface area contributed by atoms with E-state index in [1.54, 1.807) is 30.4 Å². The average Bonchev–Trinajstić information content (AvgIpc) is 3.54. The van der Waals surface area contributed by atoms with Crippen molar-refractivity contribution in [2.75, 3.05) is 24.7 Å². The predicted molar refractivity (Wildman–Crippen MR) is 238 cm³/mol. The van der Waals surface area contributed by atoms with Gasteiger partial charge in [-0.05, 0) is 30.6 Å². The third kappa shape index (κ3) is 24.4. The zero-order valence-electron chi connectivity index (χ0n) is 34.3. The van der Waals surface area contributed by atoms with E-state index in [1.165, 1.54) is 21.6 Å². The molecule has 7 atom stereocenters. The smallest absolute Gasteiger partial charge is 0.481 e. The maximum Gasteiger partial charge on any atom is 0.490 e. The van der Waals surface area contributed by atoms with Crippen LogP contribution in [0.4, 0.5) is 0 Å². The number of phosphoric acid groups is 3. The largest absolute Gasteiger partial charge is 0.490 e. The molecule has 2 rings (SSSR count). The van der Waals surface area contributed by atoms with Crippen LogP contribution in [0, 0.1) is 11.8 Å². The van der Waals surface area contributed by atoms with E-state index in [0.717, 1.165) is 5.47 Å². The highest BCUT2D eigenvalue weighted by atomic mass is 33.1. The number of rotatable bonds is 28. The topological polar surface area (TPSA) is 388 Å². The first kappa shape index (κ1) is 57.9. The number of ether oxygens (including phenoxy) is 1. The number of carboxylic acid groups (broad SMARTS) is 3. The van der Waals surface area contributed by atoms with Gasteiger partial charge in [-0.2, -0.15) is 8.62 Å². The number of carbonyl (C=O) groups excluding carboxylic acids is 3. The number of phosphoric ester groups is 1. The van der Waals surface area contributed by atoms with Crippen molar-refractivity contribution >= 4 is 99.2 Å². The Bertz CT molecular complexity index is 2080. The molecule has 0 bridgehead atoms. The Balaban J connectivity index is 1.81. The summed E-state index contributed by atoms with van der Waals surface area (Å²) in [6.07, 6.45) is 5.28. The van der Waals surface area contributed by atoms with Gasteiger partial charge in [-0.3, -0.25) is 28.5 Å². The molecule has 0 saturated carbocycles. The molecule has 0 aromatic rings. The average molecular weight is 1040 g/mol. The molecule has 1 aliphatic carbocycles. The van der Waals surface area contributed by atoms with Crippen molar-refractivity contribution in [1.82, 2.24) is 16.0 Å². The molecule has 1 aliphatic heterocycles. The van der Waals surface area contributed by atoms with Gasteiger partial charge in [0.2, 0.25) is 23.7 Å². The number of carbonyl (C=O) groups is 6. The molecule has 1 fully saturated rings. The van der Waals surface area contributed by atoms with Crippen LogP contribution in [-0.2, 0) is 60.3 Å². The summed E-state index contributed by atoms with van der Waals surface area (Å²) in [4.78, 5) is 107. The summed E-state index contributed by atoms with van der Waals surface area (Å²) in [5, 5.41) is 44.6. The molecule has 0 aromatic heterocycles. The number of unbranched alkanes of at least 4 members (excludes halogenated alkanes) is 1. The van der Waals surface area contributed by atoms with Gasteiger partial charge in [-0.25, -0.2) is 31.0 Å². The van der Waals surface area contributed by atoms with Gasteiger partial charge in [0, 0.05) is 36.3 Å². The minimum Gasteiger partial charge on any atom is -0.481 e. The fourth-order valence-electron chi connectivity index (χ4n) is 5.38. The first-order valence-electron chi connectivity index (χ1n) is 19.2. The van der Waals surface area contributed by atoms with Crippen LogP contribution in [-0.4, -0.2) is 137 Å². The van der Waals surface area contributed by atoms with Crippen molar-refractivity contribution in [3.8, 4) is 11.8 Å². The van der Waals surface area contributed by atoms with E-state index in [1.807, 2.05) is 12.2 Å². The van der Waals surface area contributed by atoms with Gasteiger partial charge in [-0.15, -0.1) is 0 Å². The monoisotopic (exact) mass is 1040 g/mol. The normalized spacial score (nSPS) is 21.3. The molecule has 3 amide bonds. The van der Waals surface area contributed by atoms with Gasteiger partial charge in [-0.1, -0.05) is 70.4 Å². The number of nitrogens with one attached hydrogen (secondary N) is 3. The number of carboxylic acids is 3. The Morgan fingerprint density at radius 1 is 0.892 bits per heavy atom. The van der Waals surface area contributed by atoms with E-state index < -0.39 is 103 Å². The first-order valence-corrected chi connectivity index (χ1v) is 26.7. The highest BCUT2D eigenvalue weighted by Crippen LogP contribution is 2.66. The highest BCUT2D eigenvalue weighted by molar-refractivity contribution is 8.76. The van der Waals surface area contributed by atoms with Gasteiger partial charge >= 0.3 is 41.4 Å². The Morgan fingerprint density at radius 2 is 1.55 bits per heavy atom. The number of aliphatic hydroxyl groups excluding tert-OH is 1. The number of thiol groups is 1. The minimum absolute atomic E-state index is 0.00907. The molecule has 11 N–H and O–H groups in total. The van der Waals surface area contributed by atoms with Crippen LogP contribution in [0.3, 0.4) is 0 Å². The molecule has 362 valence electrons. The summed E-state index contributed by atoms with van der Waals surface area (Å²) < 4.78 is 52.6. The quantitative estimate of drug-likeness (QED) is 0.0133. The van der Waals surface area contributed by atoms with Crippen LogP contribution in [0.1, 0.15) is 51.9 Å². The summed E-state index contributed by atoms with van der Waals surface area (Å²) in [6.45, 7) is 1.11. The van der Waals surface area contributed by atoms with Gasteiger partial charge in [0.15, 0.2) is 0 Å². The summed E-state index contributed by atoms with van der Waals surface area (Å²) in [7, 11) is -13.9. The third-order valence-corrected chi connectivity index (χ3v) is 15.4. The fraction of sp³-hybridized carbons (Fsp3) is 0.529. The lowest BCUT2D eigenvalue weighted by atomic mass is 9.63. The SMILES string of the molecule is CCB(S)C1=C/C=C(C#CCNC(=O)CCSSCCCCC(=O)NC(CC(=O)O)C(=O)NC(CC(=O)O)C(=O)O)\C=C/C(C2CC(O)C(COP(=O)(O)OP(=O)(O)OP(=O)(O)O)O2)=C1. The molecule has 65 heavy (non-hydrogen) atoms. The molecule has 0 spiro atoms. The second-order valence-corrected chi connectivity index (χ2v) is 21.4. The number of allylic oxidation sites excluding steroid dienone is 6. The zero-order valence-corrected chi connectivity index (χ0v) is 39.5. The predicted octanol–water partition coefficient (Wildman–Crippen LogP) is 1.74. The van der Waals surface area contributed by atoms with E-state index in [4.69, 9.17) is 29.8 Å². The van der Waals surface area contributed by atoms with Gasteiger partial charge in [0.05, 0.1) is 38.2 Å². The lowest BCUT2D eigenvalue weighted by Gasteiger charge is -2.20. The van der Waals surface area contributed by atoms with Crippen molar-refractivity contribution < 1.29 is 100 Å². The molecule has 1 saturated heterocycles. The van der Waals surface area contributed by atoms with Gasteiger partial charge in [0.25, 0.3) is 0 Å². The van der Waals surface area contributed by atoms with Crippen LogP contribution in [0.5, 0.6) is 0 Å². The van der Waals surface area contributed by atoms with Crippen molar-refractivity contribution in [1.29, 1.82) is 0 Å². The Hall–Kier alpha value is -3.22. The molecular weight excluding hydrogens is 986 g/mol. The van der Waals surface area contributed by atoms with Crippen LogP contribution in [0.15, 0.2) is 47.0 Å². The number of hydrogen-bond donors (Lipinski definition) is 12. The lowest BCUT2D eigenvalue weighted by molar-refractivity contribution is -0.148. The van der Waals surface area contributed by atoms with Gasteiger partial charge < -0.3 is 60.7 Å². The maximum absolute atomic E-state index is 12.4. The molecule has 24 nitrogen and oxygen atoms in total. The molecular formula is C34H49BN3O21P3S3. The van der Waals surface area contributed by atoms with Crippen LogP contribution in [0.2, 0.25) is 6.32 Å². The zero-order chi connectivity index (χ0) is 49.0. The summed E-state index contributed by atoms with van der Waals surface area (Å²) in [5.74, 6) is 0.0366. The third-order valence-electron chi connectivity index (χ3n) is 8.44. The minimum atomic E-state index is -5.74. The van der Waals surface area contributed by atoms with Crippen molar-refractivity contribution in [3.05, 3.63) is 47.0 Å². The molecule has 2 aliphatic rings. The van der Waals surface area contributed by atoms with Crippen LogP contribution in [0.25, 0.3) is 0 Å². The molecule has 0 aromatic carbocycles. The van der Waals surface area contributed by atoms with Crippen molar-refractivity contribution in [2.24, 2.45) is 0 Å². The number of amides is 3. The second-order valence-electron chi connectivity index (χ2n) is 13.7.